The van der Waals surface area contributed by atoms with Crippen LogP contribution in [0.15, 0.2) is 48.7 Å². The molecule has 1 saturated heterocycles. The first-order valence-electron chi connectivity index (χ1n) is 7.93. The summed E-state index contributed by atoms with van der Waals surface area (Å²) in [5, 5.41) is 2.99. The zero-order valence-electron chi connectivity index (χ0n) is 12.9. The molecule has 4 nitrogen and oxygen atoms in total. The molecule has 3 rings (SSSR count). The van der Waals surface area contributed by atoms with Gasteiger partial charge in [-0.25, -0.2) is 9.37 Å². The number of nitrogens with zero attached hydrogens (tertiary/aromatic N) is 2. The molecule has 2 heterocycles. The van der Waals surface area contributed by atoms with Crippen LogP contribution in [0.25, 0.3) is 0 Å². The van der Waals surface area contributed by atoms with E-state index in [1.54, 1.807) is 12.3 Å². The van der Waals surface area contributed by atoms with Crippen molar-refractivity contribution >= 4 is 11.7 Å². The molecule has 0 spiro atoms. The Morgan fingerprint density at radius 2 is 1.91 bits per heavy atom. The van der Waals surface area contributed by atoms with E-state index < -0.39 is 0 Å². The number of rotatable bonds is 4. The normalized spacial score (nSPS) is 15.4. The van der Waals surface area contributed by atoms with Crippen LogP contribution in [0, 0.1) is 11.7 Å². The molecule has 1 aromatic heterocycles. The fourth-order valence-corrected chi connectivity index (χ4v) is 2.89. The molecular formula is C18H20FN3O. The Bertz CT molecular complexity index is 654. The first-order chi connectivity index (χ1) is 11.2. The van der Waals surface area contributed by atoms with Crippen molar-refractivity contribution in [3.63, 3.8) is 0 Å². The summed E-state index contributed by atoms with van der Waals surface area (Å²) in [6, 6.07) is 12.3. The number of halogens is 1. The molecule has 120 valence electrons. The van der Waals surface area contributed by atoms with Crippen molar-refractivity contribution in [3.05, 3.63) is 60.0 Å². The highest BCUT2D eigenvalue weighted by Gasteiger charge is 2.22. The summed E-state index contributed by atoms with van der Waals surface area (Å²) >= 11 is 0. The number of pyridine rings is 1. The van der Waals surface area contributed by atoms with E-state index in [4.69, 9.17) is 0 Å². The number of anilines is 1. The molecular weight excluding hydrogens is 293 g/mol. The summed E-state index contributed by atoms with van der Waals surface area (Å²) in [6.45, 7) is 2.19. The summed E-state index contributed by atoms with van der Waals surface area (Å²) in [5.41, 5.74) is 0.681. The number of carbonyl (C=O) groups is 1. The maximum Gasteiger partial charge on any atom is 0.251 e. The third-order valence-electron chi connectivity index (χ3n) is 4.24. The van der Waals surface area contributed by atoms with Crippen molar-refractivity contribution in [2.45, 2.75) is 12.8 Å². The van der Waals surface area contributed by atoms with Gasteiger partial charge in [0, 0.05) is 31.4 Å². The predicted octanol–water partition coefficient (Wildman–Crippen LogP) is 2.87. The van der Waals surface area contributed by atoms with Gasteiger partial charge in [0.25, 0.3) is 5.91 Å². The van der Waals surface area contributed by atoms with E-state index in [0.29, 0.717) is 23.8 Å². The highest BCUT2D eigenvalue weighted by molar-refractivity contribution is 5.94. The van der Waals surface area contributed by atoms with Gasteiger partial charge in [-0.05, 0) is 43.0 Å². The Hall–Kier alpha value is -2.43. The average Bonchev–Trinajstić information content (AvgIpc) is 2.61. The Labute approximate surface area is 135 Å². The molecule has 1 aromatic carbocycles. The zero-order valence-corrected chi connectivity index (χ0v) is 12.9. The van der Waals surface area contributed by atoms with Crippen LogP contribution in [0.4, 0.5) is 10.2 Å². The molecule has 0 bridgehead atoms. The summed E-state index contributed by atoms with van der Waals surface area (Å²) in [5.74, 6) is 0.539. The molecule has 0 aliphatic carbocycles. The molecule has 1 N–H and O–H groups in total. The van der Waals surface area contributed by atoms with E-state index >= 15 is 0 Å². The van der Waals surface area contributed by atoms with Crippen LogP contribution in [0.1, 0.15) is 23.2 Å². The van der Waals surface area contributed by atoms with Crippen molar-refractivity contribution in [2.24, 2.45) is 5.92 Å². The van der Waals surface area contributed by atoms with E-state index in [2.05, 4.69) is 10.3 Å². The second-order valence-electron chi connectivity index (χ2n) is 5.82. The van der Waals surface area contributed by atoms with Gasteiger partial charge in [-0.2, -0.15) is 0 Å². The summed E-state index contributed by atoms with van der Waals surface area (Å²) in [6.07, 6.45) is 3.46. The lowest BCUT2D eigenvalue weighted by atomic mass is 9.96. The average molecular weight is 313 g/mol. The van der Waals surface area contributed by atoms with Gasteiger partial charge in [0.05, 0.1) is 0 Å². The van der Waals surface area contributed by atoms with E-state index in [9.17, 15) is 9.18 Å². The number of aromatic nitrogens is 1. The second-order valence-corrected chi connectivity index (χ2v) is 5.82. The van der Waals surface area contributed by atoms with E-state index in [1.165, 1.54) is 6.07 Å². The number of carbonyl (C=O) groups excluding carboxylic acids is 1. The highest BCUT2D eigenvalue weighted by Crippen LogP contribution is 2.23. The number of hydrogen-bond donors (Lipinski definition) is 1. The molecule has 1 amide bonds. The van der Waals surface area contributed by atoms with Crippen LogP contribution in [-0.2, 0) is 0 Å². The maximum atomic E-state index is 13.8. The van der Waals surface area contributed by atoms with Crippen LogP contribution in [0.2, 0.25) is 0 Å². The Kier molecular flexibility index (Phi) is 4.86. The molecule has 1 aliphatic rings. The third kappa shape index (κ3) is 3.86. The van der Waals surface area contributed by atoms with Gasteiger partial charge in [-0.3, -0.25) is 4.79 Å². The molecule has 0 atom stereocenters. The number of piperidine rings is 1. The van der Waals surface area contributed by atoms with Crippen molar-refractivity contribution in [3.8, 4) is 0 Å². The zero-order chi connectivity index (χ0) is 16.1. The van der Waals surface area contributed by atoms with Gasteiger partial charge < -0.3 is 10.2 Å². The largest absolute Gasteiger partial charge is 0.354 e. The van der Waals surface area contributed by atoms with Crippen LogP contribution < -0.4 is 10.2 Å². The Balaban J connectivity index is 1.48. The van der Waals surface area contributed by atoms with Crippen molar-refractivity contribution < 1.29 is 9.18 Å². The SMILES string of the molecule is O=C(NCC1CCN(c2ncccc2F)CC1)c1ccccc1. The van der Waals surface area contributed by atoms with Crippen LogP contribution >= 0.6 is 0 Å². The fourth-order valence-electron chi connectivity index (χ4n) is 2.89. The molecule has 1 aliphatic heterocycles. The fraction of sp³-hybridized carbons (Fsp3) is 0.333. The van der Waals surface area contributed by atoms with E-state index in [1.807, 2.05) is 35.2 Å². The lowest BCUT2D eigenvalue weighted by Crippen LogP contribution is -2.39. The topological polar surface area (TPSA) is 45.2 Å². The minimum atomic E-state index is -0.275. The number of nitrogens with one attached hydrogen (secondary N) is 1. The molecule has 5 heteroatoms. The number of hydrogen-bond acceptors (Lipinski definition) is 3. The standard InChI is InChI=1S/C18H20FN3O/c19-16-7-4-10-20-17(16)22-11-8-14(9-12-22)13-21-18(23)15-5-2-1-3-6-15/h1-7,10,14H,8-9,11-13H2,(H,21,23). The number of benzene rings is 1. The van der Waals surface area contributed by atoms with Gasteiger partial charge in [-0.15, -0.1) is 0 Å². The van der Waals surface area contributed by atoms with E-state index in [0.717, 1.165) is 25.9 Å². The van der Waals surface area contributed by atoms with Gasteiger partial charge >= 0.3 is 0 Å². The minimum absolute atomic E-state index is 0.0381. The molecule has 0 radical (unpaired) electrons. The Morgan fingerprint density at radius 1 is 1.17 bits per heavy atom. The van der Waals surface area contributed by atoms with Gasteiger partial charge in [0.15, 0.2) is 11.6 Å². The lowest BCUT2D eigenvalue weighted by Gasteiger charge is -2.32. The third-order valence-corrected chi connectivity index (χ3v) is 4.24. The van der Waals surface area contributed by atoms with Crippen LogP contribution in [0.5, 0.6) is 0 Å². The number of amides is 1. The lowest BCUT2D eigenvalue weighted by molar-refractivity contribution is 0.0945. The van der Waals surface area contributed by atoms with Crippen LogP contribution in [0.3, 0.4) is 0 Å². The molecule has 1 fully saturated rings. The molecule has 2 aromatic rings. The van der Waals surface area contributed by atoms with Crippen molar-refractivity contribution in [1.82, 2.24) is 10.3 Å². The van der Waals surface area contributed by atoms with Crippen molar-refractivity contribution in [1.29, 1.82) is 0 Å². The first-order valence-corrected chi connectivity index (χ1v) is 7.93. The Morgan fingerprint density at radius 3 is 2.61 bits per heavy atom. The van der Waals surface area contributed by atoms with Gasteiger partial charge in [0.2, 0.25) is 0 Å². The molecule has 23 heavy (non-hydrogen) atoms. The first kappa shape index (κ1) is 15.5. The van der Waals surface area contributed by atoms with Gasteiger partial charge in [-0.1, -0.05) is 18.2 Å². The second kappa shape index (κ2) is 7.22. The highest BCUT2D eigenvalue weighted by atomic mass is 19.1. The van der Waals surface area contributed by atoms with Gasteiger partial charge in [0.1, 0.15) is 0 Å². The minimum Gasteiger partial charge on any atom is -0.354 e. The predicted molar refractivity (Wildman–Crippen MR) is 87.9 cm³/mol. The molecule has 0 unspecified atom stereocenters. The maximum absolute atomic E-state index is 13.8. The quantitative estimate of drug-likeness (QED) is 0.944. The monoisotopic (exact) mass is 313 g/mol. The van der Waals surface area contributed by atoms with Crippen molar-refractivity contribution in [2.75, 3.05) is 24.5 Å². The summed E-state index contributed by atoms with van der Waals surface area (Å²) < 4.78 is 13.8. The molecule has 0 saturated carbocycles. The summed E-state index contributed by atoms with van der Waals surface area (Å²) in [7, 11) is 0. The smallest absolute Gasteiger partial charge is 0.251 e. The summed E-state index contributed by atoms with van der Waals surface area (Å²) in [4.78, 5) is 18.1. The van der Waals surface area contributed by atoms with Crippen LogP contribution in [-0.4, -0.2) is 30.5 Å². The van der Waals surface area contributed by atoms with E-state index in [-0.39, 0.29) is 11.7 Å².